The summed E-state index contributed by atoms with van der Waals surface area (Å²) in [7, 11) is 1.40. The van der Waals surface area contributed by atoms with Gasteiger partial charge in [0.05, 0.1) is 5.75 Å². The largest absolute Gasteiger partial charge is 0.573 e. The second-order valence-electron chi connectivity index (χ2n) is 4.83. The monoisotopic (exact) mass is 357 g/mol. The number of hydrogen-bond acceptors (Lipinski definition) is 4. The molecule has 1 amide bonds. The molecule has 5 nitrogen and oxygen atoms in total. The van der Waals surface area contributed by atoms with Gasteiger partial charge in [-0.15, -0.1) is 13.2 Å². The van der Waals surface area contributed by atoms with Crippen LogP contribution in [0.3, 0.4) is 0 Å². The molecule has 22 heavy (non-hydrogen) atoms. The molecule has 1 aromatic rings. The minimum atomic E-state index is -4.83. The lowest BCUT2D eigenvalue weighted by molar-refractivity contribution is -0.274. The van der Waals surface area contributed by atoms with Crippen LogP contribution in [0.5, 0.6) is 5.75 Å². The molecule has 1 saturated heterocycles. The summed E-state index contributed by atoms with van der Waals surface area (Å²) >= 11 is 0. The molecule has 0 spiro atoms. The molecule has 0 radical (unpaired) electrons. The van der Waals surface area contributed by atoms with Gasteiger partial charge in [-0.1, -0.05) is 6.07 Å². The van der Waals surface area contributed by atoms with Crippen LogP contribution in [0.4, 0.5) is 18.9 Å². The fraction of sp³-hybridized carbons (Fsp3) is 0.417. The van der Waals surface area contributed by atoms with E-state index >= 15 is 0 Å². The summed E-state index contributed by atoms with van der Waals surface area (Å²) in [6.07, 6.45) is -4.86. The molecular formula is C12H11ClF3NO4S. The summed E-state index contributed by atoms with van der Waals surface area (Å²) in [5.41, 5.74) is 0.209. The van der Waals surface area contributed by atoms with Crippen molar-refractivity contribution >= 4 is 31.3 Å². The summed E-state index contributed by atoms with van der Waals surface area (Å²) in [6, 6.07) is 4.94. The van der Waals surface area contributed by atoms with Crippen LogP contribution < -0.4 is 9.64 Å². The van der Waals surface area contributed by atoms with Crippen LogP contribution in [-0.2, 0) is 13.8 Å². The van der Waals surface area contributed by atoms with E-state index in [0.29, 0.717) is 0 Å². The predicted octanol–water partition coefficient (Wildman–Crippen LogP) is 2.51. The Hall–Kier alpha value is -1.48. The highest BCUT2D eigenvalue weighted by Crippen LogP contribution is 2.31. The van der Waals surface area contributed by atoms with E-state index in [0.717, 1.165) is 12.1 Å². The molecule has 10 heteroatoms. The molecule has 0 N–H and O–H groups in total. The molecule has 0 aliphatic carbocycles. The first kappa shape index (κ1) is 16.9. The zero-order chi connectivity index (χ0) is 16.5. The minimum absolute atomic E-state index is 0.0314. The van der Waals surface area contributed by atoms with Crippen molar-refractivity contribution in [2.24, 2.45) is 5.92 Å². The topological polar surface area (TPSA) is 63.7 Å². The molecule has 2 rings (SSSR count). The Balaban J connectivity index is 2.15. The van der Waals surface area contributed by atoms with Crippen molar-refractivity contribution < 1.29 is 31.1 Å². The fourth-order valence-electron chi connectivity index (χ4n) is 2.27. The van der Waals surface area contributed by atoms with E-state index in [1.165, 1.54) is 17.0 Å². The highest BCUT2D eigenvalue weighted by Gasteiger charge is 2.34. The van der Waals surface area contributed by atoms with Crippen LogP contribution in [0.1, 0.15) is 6.42 Å². The smallest absolute Gasteiger partial charge is 0.406 e. The Labute approximate surface area is 129 Å². The van der Waals surface area contributed by atoms with Crippen LogP contribution in [0.15, 0.2) is 24.3 Å². The Bertz CT molecular complexity index is 677. The van der Waals surface area contributed by atoms with E-state index in [4.69, 9.17) is 10.7 Å². The Morgan fingerprint density at radius 2 is 2.05 bits per heavy atom. The molecule has 0 saturated carbocycles. The maximum Gasteiger partial charge on any atom is 0.573 e. The standard InChI is InChI=1S/C12H11ClF3NO4S/c13-22(19,20)7-8-4-11(18)17(6-8)9-2-1-3-10(5-9)21-12(14,15)16/h1-3,5,8H,4,6-7H2. The van der Waals surface area contributed by atoms with E-state index in [-0.39, 0.29) is 30.3 Å². The lowest BCUT2D eigenvalue weighted by atomic mass is 10.1. The summed E-state index contributed by atoms with van der Waals surface area (Å²) in [5, 5.41) is 0. The highest BCUT2D eigenvalue weighted by atomic mass is 35.7. The Morgan fingerprint density at radius 3 is 2.64 bits per heavy atom. The lowest BCUT2D eigenvalue weighted by Gasteiger charge is -2.18. The van der Waals surface area contributed by atoms with Crippen molar-refractivity contribution in [3.05, 3.63) is 24.3 Å². The number of ether oxygens (including phenoxy) is 1. The number of nitrogens with zero attached hydrogens (tertiary/aromatic N) is 1. The number of halogens is 4. The zero-order valence-corrected chi connectivity index (χ0v) is 12.6. The molecule has 122 valence electrons. The second-order valence-corrected chi connectivity index (χ2v) is 7.65. The van der Waals surface area contributed by atoms with Gasteiger partial charge in [0.2, 0.25) is 15.0 Å². The van der Waals surface area contributed by atoms with Crippen LogP contribution in [-0.4, -0.2) is 33.0 Å². The first-order valence-corrected chi connectivity index (χ1v) is 8.60. The third-order valence-electron chi connectivity index (χ3n) is 3.00. The van der Waals surface area contributed by atoms with Gasteiger partial charge in [-0.2, -0.15) is 0 Å². The third kappa shape index (κ3) is 4.77. The number of carbonyl (C=O) groups is 1. The van der Waals surface area contributed by atoms with E-state index in [9.17, 15) is 26.4 Å². The average molecular weight is 358 g/mol. The van der Waals surface area contributed by atoms with Crippen molar-refractivity contribution in [2.75, 3.05) is 17.2 Å². The minimum Gasteiger partial charge on any atom is -0.406 e. The van der Waals surface area contributed by atoms with E-state index in [2.05, 4.69) is 4.74 Å². The first-order valence-electron chi connectivity index (χ1n) is 6.12. The van der Waals surface area contributed by atoms with Gasteiger partial charge in [0.1, 0.15) is 5.75 Å². The number of carbonyl (C=O) groups excluding carboxylic acids is 1. The van der Waals surface area contributed by atoms with E-state index in [1.54, 1.807) is 0 Å². The average Bonchev–Trinajstić information content (AvgIpc) is 2.65. The van der Waals surface area contributed by atoms with E-state index < -0.39 is 27.1 Å². The van der Waals surface area contributed by atoms with Crippen LogP contribution >= 0.6 is 10.7 Å². The normalized spacial score (nSPS) is 19.5. The second kappa shape index (κ2) is 5.96. The molecule has 1 heterocycles. The SMILES string of the molecule is O=C1CC(CS(=O)(=O)Cl)CN1c1cccc(OC(F)(F)F)c1. The molecule has 1 aliphatic heterocycles. The van der Waals surface area contributed by atoms with E-state index in [1.807, 2.05) is 0 Å². The van der Waals surface area contributed by atoms with Gasteiger partial charge >= 0.3 is 6.36 Å². The molecule has 0 bridgehead atoms. The van der Waals surface area contributed by atoms with Gasteiger partial charge in [-0.25, -0.2) is 8.42 Å². The van der Waals surface area contributed by atoms with Gasteiger partial charge in [-0.3, -0.25) is 4.79 Å². The fourth-order valence-corrected chi connectivity index (χ4v) is 3.59. The van der Waals surface area contributed by atoms with Gasteiger partial charge in [-0.05, 0) is 12.1 Å². The van der Waals surface area contributed by atoms with Gasteiger partial charge in [0.25, 0.3) is 0 Å². The highest BCUT2D eigenvalue weighted by molar-refractivity contribution is 8.13. The number of benzene rings is 1. The molecule has 1 aliphatic rings. The Kier molecular flexibility index (Phi) is 4.57. The first-order chi connectivity index (χ1) is 10.0. The summed E-state index contributed by atoms with van der Waals surface area (Å²) in [5.74, 6) is -1.70. The van der Waals surface area contributed by atoms with Crippen molar-refractivity contribution in [2.45, 2.75) is 12.8 Å². The summed E-state index contributed by atoms with van der Waals surface area (Å²) in [4.78, 5) is 13.1. The molecule has 1 fully saturated rings. The van der Waals surface area contributed by atoms with Crippen LogP contribution in [0.25, 0.3) is 0 Å². The number of anilines is 1. The summed E-state index contributed by atoms with van der Waals surface area (Å²) < 4.78 is 62.4. The maximum atomic E-state index is 12.2. The van der Waals surface area contributed by atoms with Gasteiger partial charge in [0.15, 0.2) is 0 Å². The molecule has 1 unspecified atom stereocenters. The van der Waals surface area contributed by atoms with Crippen LogP contribution in [0.2, 0.25) is 0 Å². The third-order valence-corrected chi connectivity index (χ3v) is 4.25. The van der Waals surface area contributed by atoms with Crippen molar-refractivity contribution in [3.8, 4) is 5.75 Å². The zero-order valence-electron chi connectivity index (χ0n) is 11.0. The van der Waals surface area contributed by atoms with Crippen molar-refractivity contribution in [1.29, 1.82) is 0 Å². The van der Waals surface area contributed by atoms with Crippen molar-refractivity contribution in [1.82, 2.24) is 0 Å². The van der Waals surface area contributed by atoms with Gasteiger partial charge in [0, 0.05) is 41.3 Å². The molecule has 1 aromatic carbocycles. The Morgan fingerprint density at radius 1 is 1.36 bits per heavy atom. The predicted molar refractivity (Wildman–Crippen MR) is 73.2 cm³/mol. The summed E-state index contributed by atoms with van der Waals surface area (Å²) in [6.45, 7) is 0.0697. The molecular weight excluding hydrogens is 347 g/mol. The number of hydrogen-bond donors (Lipinski definition) is 0. The maximum absolute atomic E-state index is 12.2. The quantitative estimate of drug-likeness (QED) is 0.777. The van der Waals surface area contributed by atoms with Gasteiger partial charge < -0.3 is 9.64 Å². The van der Waals surface area contributed by atoms with Crippen molar-refractivity contribution in [3.63, 3.8) is 0 Å². The number of rotatable bonds is 4. The molecule has 1 atom stereocenters. The molecule has 0 aromatic heterocycles. The lowest BCUT2D eigenvalue weighted by Crippen LogP contribution is -2.25. The van der Waals surface area contributed by atoms with Crippen LogP contribution in [0, 0.1) is 5.92 Å². The number of alkyl halides is 3. The number of amides is 1.